The number of hydrogen-bond donors (Lipinski definition) is 2. The van der Waals surface area contributed by atoms with E-state index in [0.29, 0.717) is 12.4 Å². The summed E-state index contributed by atoms with van der Waals surface area (Å²) in [6.07, 6.45) is 3.33. The van der Waals surface area contributed by atoms with Crippen LogP contribution in [0.3, 0.4) is 0 Å². The molecule has 21 heavy (non-hydrogen) atoms. The summed E-state index contributed by atoms with van der Waals surface area (Å²) in [5.41, 5.74) is 4.66. The lowest BCUT2D eigenvalue weighted by Crippen LogP contribution is -2.29. The Balaban J connectivity index is 1.66. The fourth-order valence-corrected chi connectivity index (χ4v) is 2.71. The summed E-state index contributed by atoms with van der Waals surface area (Å²) in [6, 6.07) is 11.7. The Labute approximate surface area is 123 Å². The Hall–Kier alpha value is -2.11. The number of nitrogen functional groups attached to an aromatic ring is 1. The monoisotopic (exact) mass is 286 g/mol. The number of nitrogens with two attached hydrogens (primary N) is 1. The predicted octanol–water partition coefficient (Wildman–Crippen LogP) is 2.48. The molecule has 0 aliphatic heterocycles. The maximum atomic E-state index is 11.3. The molecule has 1 heterocycles. The number of nitrogens with one attached hydrogen (secondary N) is 1. The van der Waals surface area contributed by atoms with Crippen molar-refractivity contribution in [3.8, 4) is 0 Å². The molecule has 1 aromatic carbocycles. The van der Waals surface area contributed by atoms with Crippen LogP contribution in [0, 0.1) is 0 Å². The van der Waals surface area contributed by atoms with Gasteiger partial charge in [0.1, 0.15) is 12.4 Å². The van der Waals surface area contributed by atoms with Crippen molar-refractivity contribution in [2.24, 2.45) is 5.84 Å². The molecule has 1 aliphatic rings. The number of carbonyl (C=O) groups excluding carboxylic acids is 1. The van der Waals surface area contributed by atoms with Crippen LogP contribution >= 0.6 is 0 Å². The van der Waals surface area contributed by atoms with Crippen molar-refractivity contribution in [1.29, 1.82) is 0 Å². The minimum atomic E-state index is -0.440. The number of aryl methyl sites for hydroxylation is 1. The fourth-order valence-electron chi connectivity index (χ4n) is 2.71. The second kappa shape index (κ2) is 6.11. The SMILES string of the molecule is NNC(=O)c1ccc(COC2CCCc3ccccc32)o1. The number of fused-ring (bicyclic) bond motifs is 1. The van der Waals surface area contributed by atoms with E-state index in [2.05, 4.69) is 18.2 Å². The maximum Gasteiger partial charge on any atom is 0.300 e. The average molecular weight is 286 g/mol. The van der Waals surface area contributed by atoms with E-state index in [4.69, 9.17) is 15.0 Å². The summed E-state index contributed by atoms with van der Waals surface area (Å²) >= 11 is 0. The lowest BCUT2D eigenvalue weighted by molar-refractivity contribution is 0.0188. The highest BCUT2D eigenvalue weighted by atomic mass is 16.5. The van der Waals surface area contributed by atoms with Crippen LogP contribution in [0.15, 0.2) is 40.8 Å². The molecule has 0 saturated heterocycles. The third kappa shape index (κ3) is 2.99. The molecule has 3 N–H and O–H groups in total. The molecular formula is C16H18N2O3. The van der Waals surface area contributed by atoms with Gasteiger partial charge in [0.25, 0.3) is 0 Å². The van der Waals surface area contributed by atoms with Gasteiger partial charge in [0.2, 0.25) is 0 Å². The van der Waals surface area contributed by atoms with Crippen molar-refractivity contribution in [3.63, 3.8) is 0 Å². The molecule has 1 atom stereocenters. The highest BCUT2D eigenvalue weighted by Gasteiger charge is 2.20. The van der Waals surface area contributed by atoms with E-state index in [-0.39, 0.29) is 11.9 Å². The zero-order chi connectivity index (χ0) is 14.7. The minimum absolute atomic E-state index is 0.0897. The Morgan fingerprint density at radius 1 is 1.33 bits per heavy atom. The molecule has 1 aliphatic carbocycles. The van der Waals surface area contributed by atoms with Crippen LogP contribution in [0.5, 0.6) is 0 Å². The summed E-state index contributed by atoms with van der Waals surface area (Å²) in [7, 11) is 0. The van der Waals surface area contributed by atoms with Crippen LogP contribution in [0.4, 0.5) is 0 Å². The first-order chi connectivity index (χ1) is 10.3. The first-order valence-corrected chi connectivity index (χ1v) is 7.07. The molecular weight excluding hydrogens is 268 g/mol. The number of ether oxygens (including phenoxy) is 1. The molecule has 0 spiro atoms. The molecule has 1 amide bonds. The van der Waals surface area contributed by atoms with Crippen LogP contribution in [0.1, 0.15) is 46.4 Å². The molecule has 1 aromatic heterocycles. The van der Waals surface area contributed by atoms with Crippen molar-refractivity contribution < 1.29 is 13.9 Å². The number of amides is 1. The molecule has 110 valence electrons. The standard InChI is InChI=1S/C16H18N2O3/c17-18-16(19)15-9-8-12(21-15)10-20-14-7-3-5-11-4-1-2-6-13(11)14/h1-2,4,6,8-9,14H,3,5,7,10,17H2,(H,18,19). The summed E-state index contributed by atoms with van der Waals surface area (Å²) in [6.45, 7) is 0.344. The van der Waals surface area contributed by atoms with E-state index >= 15 is 0 Å². The number of rotatable bonds is 4. The van der Waals surface area contributed by atoms with Gasteiger partial charge in [-0.2, -0.15) is 0 Å². The molecule has 0 fully saturated rings. The van der Waals surface area contributed by atoms with E-state index < -0.39 is 5.91 Å². The molecule has 5 nitrogen and oxygen atoms in total. The summed E-state index contributed by atoms with van der Waals surface area (Å²) in [5, 5.41) is 0. The number of carbonyl (C=O) groups is 1. The van der Waals surface area contributed by atoms with E-state index in [1.807, 2.05) is 11.5 Å². The van der Waals surface area contributed by atoms with Gasteiger partial charge in [0.05, 0.1) is 6.10 Å². The topological polar surface area (TPSA) is 77.5 Å². The lowest BCUT2D eigenvalue weighted by Gasteiger charge is -2.25. The summed E-state index contributed by atoms with van der Waals surface area (Å²) in [5.74, 6) is 5.44. The van der Waals surface area contributed by atoms with Crippen LogP contribution in [0.25, 0.3) is 0 Å². The maximum absolute atomic E-state index is 11.3. The van der Waals surface area contributed by atoms with E-state index in [1.54, 1.807) is 12.1 Å². The largest absolute Gasteiger partial charge is 0.453 e. The molecule has 2 aromatic rings. The van der Waals surface area contributed by atoms with E-state index in [9.17, 15) is 4.79 Å². The third-order valence-electron chi connectivity index (χ3n) is 3.76. The van der Waals surface area contributed by atoms with Crippen molar-refractivity contribution in [1.82, 2.24) is 5.43 Å². The first-order valence-electron chi connectivity index (χ1n) is 7.07. The van der Waals surface area contributed by atoms with Crippen molar-refractivity contribution >= 4 is 5.91 Å². The van der Waals surface area contributed by atoms with Gasteiger partial charge in [-0.05, 0) is 42.5 Å². The van der Waals surface area contributed by atoms with Crippen LogP contribution in [-0.2, 0) is 17.8 Å². The smallest absolute Gasteiger partial charge is 0.300 e. The molecule has 3 rings (SSSR count). The Morgan fingerprint density at radius 3 is 3.05 bits per heavy atom. The molecule has 1 unspecified atom stereocenters. The van der Waals surface area contributed by atoms with Crippen LogP contribution in [0.2, 0.25) is 0 Å². The Bertz CT molecular complexity index is 636. The molecule has 0 bridgehead atoms. The number of hydrogen-bond acceptors (Lipinski definition) is 4. The number of hydrazine groups is 1. The quantitative estimate of drug-likeness (QED) is 0.514. The van der Waals surface area contributed by atoms with Gasteiger partial charge in [0, 0.05) is 0 Å². The van der Waals surface area contributed by atoms with Gasteiger partial charge in [0.15, 0.2) is 5.76 Å². The summed E-state index contributed by atoms with van der Waals surface area (Å²) < 4.78 is 11.4. The van der Waals surface area contributed by atoms with E-state index in [1.165, 1.54) is 11.1 Å². The zero-order valence-electron chi connectivity index (χ0n) is 11.7. The summed E-state index contributed by atoms with van der Waals surface area (Å²) in [4.78, 5) is 11.3. The molecule has 0 saturated carbocycles. The zero-order valence-corrected chi connectivity index (χ0v) is 11.7. The highest BCUT2D eigenvalue weighted by molar-refractivity contribution is 5.90. The van der Waals surface area contributed by atoms with Gasteiger partial charge in [-0.15, -0.1) is 0 Å². The Morgan fingerprint density at radius 2 is 2.19 bits per heavy atom. The third-order valence-corrected chi connectivity index (χ3v) is 3.76. The van der Waals surface area contributed by atoms with Crippen molar-refractivity contribution in [3.05, 3.63) is 59.0 Å². The highest BCUT2D eigenvalue weighted by Crippen LogP contribution is 2.33. The van der Waals surface area contributed by atoms with Gasteiger partial charge in [-0.1, -0.05) is 24.3 Å². The Kier molecular flexibility index (Phi) is 4.03. The molecule has 0 radical (unpaired) electrons. The van der Waals surface area contributed by atoms with Crippen LogP contribution < -0.4 is 11.3 Å². The number of benzene rings is 1. The van der Waals surface area contributed by atoms with E-state index in [0.717, 1.165) is 19.3 Å². The van der Waals surface area contributed by atoms with Gasteiger partial charge in [-0.3, -0.25) is 10.2 Å². The first kappa shape index (κ1) is 13.9. The van der Waals surface area contributed by atoms with Crippen LogP contribution in [-0.4, -0.2) is 5.91 Å². The van der Waals surface area contributed by atoms with Gasteiger partial charge in [-0.25, -0.2) is 5.84 Å². The average Bonchev–Trinajstić information content (AvgIpc) is 3.01. The second-order valence-electron chi connectivity index (χ2n) is 5.13. The van der Waals surface area contributed by atoms with Crippen molar-refractivity contribution in [2.45, 2.75) is 32.0 Å². The molecule has 5 heteroatoms. The fraction of sp³-hybridized carbons (Fsp3) is 0.312. The van der Waals surface area contributed by atoms with Gasteiger partial charge >= 0.3 is 5.91 Å². The second-order valence-corrected chi connectivity index (χ2v) is 5.13. The minimum Gasteiger partial charge on any atom is -0.453 e. The lowest BCUT2D eigenvalue weighted by atomic mass is 9.89. The van der Waals surface area contributed by atoms with Crippen molar-refractivity contribution in [2.75, 3.05) is 0 Å². The van der Waals surface area contributed by atoms with Gasteiger partial charge < -0.3 is 9.15 Å². The number of furan rings is 1. The predicted molar refractivity (Wildman–Crippen MR) is 77.3 cm³/mol. The normalized spacial score (nSPS) is 17.3.